The maximum atomic E-state index is 12.7. The third kappa shape index (κ3) is 3.34. The van der Waals surface area contributed by atoms with Gasteiger partial charge in [0, 0.05) is 22.6 Å². The van der Waals surface area contributed by atoms with Crippen LogP contribution >= 0.6 is 27.5 Å². The first-order chi connectivity index (χ1) is 11.5. The van der Waals surface area contributed by atoms with Crippen LogP contribution in [0.4, 0.5) is 5.82 Å². The molecule has 0 radical (unpaired) electrons. The Bertz CT molecular complexity index is 973. The van der Waals surface area contributed by atoms with Gasteiger partial charge < -0.3 is 0 Å². The van der Waals surface area contributed by atoms with Crippen LogP contribution in [0.25, 0.3) is 5.69 Å². The van der Waals surface area contributed by atoms with E-state index in [0.29, 0.717) is 16.4 Å². The molecule has 1 N–H and O–H groups in total. The molecule has 0 unspecified atom stereocenters. The van der Waals surface area contributed by atoms with Gasteiger partial charge >= 0.3 is 0 Å². The molecule has 0 bridgehead atoms. The Morgan fingerprint density at radius 1 is 1.29 bits per heavy atom. The summed E-state index contributed by atoms with van der Waals surface area (Å²) in [5, 5.41) is 3.63. The summed E-state index contributed by atoms with van der Waals surface area (Å²) < 4.78 is 2.49. The van der Waals surface area contributed by atoms with E-state index >= 15 is 0 Å². The molecule has 0 fully saturated rings. The van der Waals surface area contributed by atoms with Crippen LogP contribution in [-0.4, -0.2) is 21.0 Å². The van der Waals surface area contributed by atoms with Crippen LogP contribution in [0.2, 0.25) is 5.02 Å². The number of rotatable bonds is 3. The zero-order valence-electron chi connectivity index (χ0n) is 13.0. The summed E-state index contributed by atoms with van der Waals surface area (Å²) in [7, 11) is 0. The Labute approximate surface area is 152 Å². The number of nitrogens with one attached hydrogen (secondary N) is 1. The first kappa shape index (κ1) is 16.7. The highest BCUT2D eigenvalue weighted by Gasteiger charge is 2.12. The van der Waals surface area contributed by atoms with Crippen LogP contribution in [0.1, 0.15) is 16.8 Å². The molecule has 0 saturated heterocycles. The largest absolute Gasteiger partial charge is 0.295 e. The van der Waals surface area contributed by atoms with Crippen LogP contribution < -0.4 is 5.56 Å². The summed E-state index contributed by atoms with van der Waals surface area (Å²) in [5.41, 5.74) is 2.86. The monoisotopic (exact) mass is 404 g/mol. The van der Waals surface area contributed by atoms with Gasteiger partial charge in [-0.1, -0.05) is 27.5 Å². The van der Waals surface area contributed by atoms with E-state index in [-0.39, 0.29) is 5.56 Å². The van der Waals surface area contributed by atoms with Crippen molar-refractivity contribution in [2.45, 2.75) is 13.8 Å². The quantitative estimate of drug-likeness (QED) is 0.659. The number of H-pyrrole nitrogens is 1. The van der Waals surface area contributed by atoms with E-state index in [1.165, 1.54) is 17.1 Å². The molecule has 3 aromatic rings. The number of hydrogen-bond donors (Lipinski definition) is 1. The third-order valence-corrected chi connectivity index (χ3v) is 4.27. The van der Waals surface area contributed by atoms with Gasteiger partial charge in [-0.25, -0.2) is 14.7 Å². The summed E-state index contributed by atoms with van der Waals surface area (Å²) in [6.07, 6.45) is 3.04. The van der Waals surface area contributed by atoms with Crippen molar-refractivity contribution in [2.24, 2.45) is 4.99 Å². The van der Waals surface area contributed by atoms with E-state index < -0.39 is 0 Å². The number of aliphatic imine (C=N–C) groups is 1. The highest BCUT2D eigenvalue weighted by Crippen LogP contribution is 2.18. The smallest absolute Gasteiger partial charge is 0.280 e. The molecule has 0 atom stereocenters. The number of hydrogen-bond acceptors (Lipinski definition) is 3. The van der Waals surface area contributed by atoms with E-state index in [1.807, 2.05) is 32.0 Å². The molecular formula is C17H14BrClN4O. The molecule has 0 aliphatic carbocycles. The Morgan fingerprint density at radius 3 is 2.75 bits per heavy atom. The fourth-order valence-corrected chi connectivity index (χ4v) is 2.91. The average molecular weight is 406 g/mol. The lowest BCUT2D eigenvalue weighted by Crippen LogP contribution is -2.18. The summed E-state index contributed by atoms with van der Waals surface area (Å²) in [6, 6.07) is 9.14. The number of pyridine rings is 1. The second-order valence-corrected chi connectivity index (χ2v) is 6.67. The SMILES string of the molecule is Cc1cc(Br)ccc1-n1[nH]c(C)c(C=Nc2ccc(Cl)cn2)c1=O. The van der Waals surface area contributed by atoms with Crippen LogP contribution in [0, 0.1) is 13.8 Å². The van der Waals surface area contributed by atoms with Crippen LogP contribution in [0.15, 0.2) is 50.8 Å². The Hall–Kier alpha value is -2.18. The highest BCUT2D eigenvalue weighted by molar-refractivity contribution is 9.10. The molecule has 0 aliphatic heterocycles. The molecule has 3 rings (SSSR count). The maximum Gasteiger partial charge on any atom is 0.280 e. The minimum absolute atomic E-state index is 0.157. The highest BCUT2D eigenvalue weighted by atomic mass is 79.9. The molecule has 0 saturated carbocycles. The second kappa shape index (κ2) is 6.75. The predicted molar refractivity (Wildman–Crippen MR) is 100 cm³/mol. The van der Waals surface area contributed by atoms with Gasteiger partial charge in [0.25, 0.3) is 5.56 Å². The fourth-order valence-electron chi connectivity index (χ4n) is 2.33. The van der Waals surface area contributed by atoms with Crippen molar-refractivity contribution in [1.29, 1.82) is 0 Å². The van der Waals surface area contributed by atoms with Crippen molar-refractivity contribution < 1.29 is 0 Å². The molecule has 2 heterocycles. The Kier molecular flexibility index (Phi) is 4.69. The van der Waals surface area contributed by atoms with Crippen molar-refractivity contribution in [3.8, 4) is 5.69 Å². The summed E-state index contributed by atoms with van der Waals surface area (Å²) >= 11 is 9.23. The second-order valence-electron chi connectivity index (χ2n) is 5.31. The van der Waals surface area contributed by atoms with Gasteiger partial charge in [-0.15, -0.1) is 0 Å². The molecule has 5 nitrogen and oxygen atoms in total. The molecule has 24 heavy (non-hydrogen) atoms. The number of benzene rings is 1. The van der Waals surface area contributed by atoms with Gasteiger partial charge in [0.05, 0.1) is 16.3 Å². The molecule has 1 aromatic carbocycles. The normalized spacial score (nSPS) is 11.3. The van der Waals surface area contributed by atoms with E-state index in [2.05, 4.69) is 31.0 Å². The number of halogens is 2. The molecule has 7 heteroatoms. The Balaban J connectivity index is 2.00. The lowest BCUT2D eigenvalue weighted by Gasteiger charge is -2.06. The fraction of sp³-hybridized carbons (Fsp3) is 0.118. The number of nitrogens with zero attached hydrogens (tertiary/aromatic N) is 3. The van der Waals surface area contributed by atoms with Gasteiger partial charge in [0.1, 0.15) is 0 Å². The molecular weight excluding hydrogens is 392 g/mol. The molecule has 0 spiro atoms. The summed E-state index contributed by atoms with van der Waals surface area (Å²) in [5.74, 6) is 0.491. The summed E-state index contributed by atoms with van der Waals surface area (Å²) in [6.45, 7) is 3.79. The van der Waals surface area contributed by atoms with Crippen molar-refractivity contribution in [3.63, 3.8) is 0 Å². The number of aromatic nitrogens is 3. The van der Waals surface area contributed by atoms with E-state index in [9.17, 15) is 4.79 Å². The van der Waals surface area contributed by atoms with E-state index in [0.717, 1.165) is 21.4 Å². The number of aromatic amines is 1. The van der Waals surface area contributed by atoms with E-state index in [1.54, 1.807) is 12.1 Å². The third-order valence-electron chi connectivity index (χ3n) is 3.55. The first-order valence-electron chi connectivity index (χ1n) is 7.19. The van der Waals surface area contributed by atoms with Gasteiger partial charge in [0.15, 0.2) is 5.82 Å². The lowest BCUT2D eigenvalue weighted by atomic mass is 10.2. The summed E-state index contributed by atoms with van der Waals surface area (Å²) in [4.78, 5) is 21.0. The van der Waals surface area contributed by atoms with Gasteiger partial charge in [0.2, 0.25) is 0 Å². The van der Waals surface area contributed by atoms with Crippen LogP contribution in [0.5, 0.6) is 0 Å². The van der Waals surface area contributed by atoms with Gasteiger partial charge in [-0.05, 0) is 49.7 Å². The van der Waals surface area contributed by atoms with Gasteiger partial charge in [-0.2, -0.15) is 0 Å². The number of aryl methyl sites for hydroxylation is 2. The molecule has 122 valence electrons. The maximum absolute atomic E-state index is 12.7. The van der Waals surface area contributed by atoms with Crippen LogP contribution in [-0.2, 0) is 0 Å². The average Bonchev–Trinajstić information content (AvgIpc) is 2.82. The van der Waals surface area contributed by atoms with Crippen molar-refractivity contribution in [2.75, 3.05) is 0 Å². The van der Waals surface area contributed by atoms with E-state index in [4.69, 9.17) is 11.6 Å². The topological polar surface area (TPSA) is 63.0 Å². The molecule has 0 amide bonds. The van der Waals surface area contributed by atoms with Crippen molar-refractivity contribution >= 4 is 39.6 Å². The molecule has 0 aliphatic rings. The first-order valence-corrected chi connectivity index (χ1v) is 8.36. The molecule has 2 aromatic heterocycles. The minimum Gasteiger partial charge on any atom is -0.295 e. The zero-order chi connectivity index (χ0) is 17.3. The lowest BCUT2D eigenvalue weighted by molar-refractivity contribution is 0.828. The minimum atomic E-state index is -0.157. The predicted octanol–water partition coefficient (Wildman–Crippen LogP) is 4.34. The van der Waals surface area contributed by atoms with Gasteiger partial charge in [-0.3, -0.25) is 9.89 Å². The van der Waals surface area contributed by atoms with Crippen LogP contribution in [0.3, 0.4) is 0 Å². The van der Waals surface area contributed by atoms with Crippen molar-refractivity contribution in [3.05, 3.63) is 73.2 Å². The van der Waals surface area contributed by atoms with Crippen molar-refractivity contribution in [1.82, 2.24) is 14.8 Å². The zero-order valence-corrected chi connectivity index (χ0v) is 15.4. The Morgan fingerprint density at radius 2 is 2.08 bits per heavy atom. The standard InChI is InChI=1S/C17H14BrClN4O/c1-10-7-12(18)3-5-15(10)23-17(24)14(11(2)22-23)9-21-16-6-4-13(19)8-20-16/h3-9,22H,1-2H3.